The van der Waals surface area contributed by atoms with E-state index in [0.29, 0.717) is 4.88 Å². The SMILES string of the molecule is O=C(c1cc2sccc2s1)c1cccc(F)c1F. The van der Waals surface area contributed by atoms with Crippen LogP contribution in [0.2, 0.25) is 0 Å². The number of ketones is 1. The third-order valence-electron chi connectivity index (χ3n) is 2.56. The van der Waals surface area contributed by atoms with Crippen LogP contribution in [0.25, 0.3) is 9.40 Å². The lowest BCUT2D eigenvalue weighted by atomic mass is 10.1. The van der Waals surface area contributed by atoms with Crippen molar-refractivity contribution >= 4 is 37.9 Å². The van der Waals surface area contributed by atoms with Gasteiger partial charge in [0.15, 0.2) is 11.6 Å². The fraction of sp³-hybridized carbons (Fsp3) is 0. The molecule has 0 aliphatic carbocycles. The van der Waals surface area contributed by atoms with Gasteiger partial charge in [-0.2, -0.15) is 0 Å². The monoisotopic (exact) mass is 280 g/mol. The second-order valence-corrected chi connectivity index (χ2v) is 5.72. The second-order valence-electron chi connectivity index (χ2n) is 3.69. The van der Waals surface area contributed by atoms with Crippen molar-refractivity contribution in [1.29, 1.82) is 0 Å². The van der Waals surface area contributed by atoms with E-state index >= 15 is 0 Å². The summed E-state index contributed by atoms with van der Waals surface area (Å²) < 4.78 is 28.6. The van der Waals surface area contributed by atoms with Crippen LogP contribution in [0, 0.1) is 11.6 Å². The van der Waals surface area contributed by atoms with Crippen molar-refractivity contribution in [2.24, 2.45) is 0 Å². The number of rotatable bonds is 2. The Morgan fingerprint density at radius 3 is 2.72 bits per heavy atom. The van der Waals surface area contributed by atoms with Crippen LogP contribution in [-0.2, 0) is 0 Å². The summed E-state index contributed by atoms with van der Waals surface area (Å²) in [6, 6.07) is 7.26. The molecule has 2 aromatic heterocycles. The molecular weight excluding hydrogens is 274 g/mol. The lowest BCUT2D eigenvalue weighted by Gasteiger charge is -2.00. The number of hydrogen-bond acceptors (Lipinski definition) is 3. The first-order valence-electron chi connectivity index (χ1n) is 5.12. The van der Waals surface area contributed by atoms with E-state index in [1.54, 1.807) is 6.07 Å². The van der Waals surface area contributed by atoms with Crippen LogP contribution in [0.5, 0.6) is 0 Å². The Morgan fingerprint density at radius 1 is 1.11 bits per heavy atom. The standard InChI is InChI=1S/C13H6F2OS2/c14-8-3-1-2-7(12(8)15)13(16)11-6-10-9(18-11)4-5-17-10/h1-6H. The Labute approximate surface area is 109 Å². The molecule has 1 aromatic carbocycles. The summed E-state index contributed by atoms with van der Waals surface area (Å²) in [6.07, 6.45) is 0. The highest BCUT2D eigenvalue weighted by Crippen LogP contribution is 2.31. The van der Waals surface area contributed by atoms with Gasteiger partial charge in [0, 0.05) is 9.40 Å². The van der Waals surface area contributed by atoms with Gasteiger partial charge in [-0.05, 0) is 29.6 Å². The lowest BCUT2D eigenvalue weighted by molar-refractivity contribution is 0.103. The maximum atomic E-state index is 13.5. The first-order valence-corrected chi connectivity index (χ1v) is 6.82. The highest BCUT2D eigenvalue weighted by molar-refractivity contribution is 7.28. The molecule has 0 amide bonds. The molecule has 0 spiro atoms. The van der Waals surface area contributed by atoms with E-state index in [-0.39, 0.29) is 5.56 Å². The summed E-state index contributed by atoms with van der Waals surface area (Å²) in [6.45, 7) is 0. The van der Waals surface area contributed by atoms with Crippen LogP contribution >= 0.6 is 22.7 Å². The quantitative estimate of drug-likeness (QED) is 0.633. The van der Waals surface area contributed by atoms with Crippen LogP contribution in [0.4, 0.5) is 8.78 Å². The van der Waals surface area contributed by atoms with Gasteiger partial charge in [0.05, 0.1) is 10.4 Å². The predicted octanol–water partition coefficient (Wildman–Crippen LogP) is 4.47. The van der Waals surface area contributed by atoms with Crippen LogP contribution in [0.3, 0.4) is 0 Å². The van der Waals surface area contributed by atoms with Crippen molar-refractivity contribution in [3.8, 4) is 0 Å². The predicted molar refractivity (Wildman–Crippen MR) is 69.5 cm³/mol. The van der Waals surface area contributed by atoms with Crippen molar-refractivity contribution in [1.82, 2.24) is 0 Å². The van der Waals surface area contributed by atoms with Crippen molar-refractivity contribution in [2.75, 3.05) is 0 Å². The zero-order valence-electron chi connectivity index (χ0n) is 8.94. The van der Waals surface area contributed by atoms with Crippen LogP contribution < -0.4 is 0 Å². The molecule has 3 aromatic rings. The molecule has 0 saturated carbocycles. The first-order chi connectivity index (χ1) is 8.66. The minimum Gasteiger partial charge on any atom is -0.288 e. The molecule has 3 rings (SSSR count). The maximum absolute atomic E-state index is 13.5. The van der Waals surface area contributed by atoms with Gasteiger partial charge < -0.3 is 0 Å². The van der Waals surface area contributed by atoms with Gasteiger partial charge in [0.25, 0.3) is 0 Å². The Balaban J connectivity index is 2.09. The van der Waals surface area contributed by atoms with E-state index in [9.17, 15) is 13.6 Å². The van der Waals surface area contributed by atoms with E-state index in [4.69, 9.17) is 0 Å². The van der Waals surface area contributed by atoms with E-state index in [0.717, 1.165) is 15.5 Å². The number of halogens is 2. The Hall–Kier alpha value is -1.59. The third-order valence-corrected chi connectivity index (χ3v) is 4.65. The van der Waals surface area contributed by atoms with Crippen LogP contribution in [-0.4, -0.2) is 5.78 Å². The lowest BCUT2D eigenvalue weighted by Crippen LogP contribution is -2.03. The largest absolute Gasteiger partial charge is 0.288 e. The average molecular weight is 280 g/mol. The smallest absolute Gasteiger partial charge is 0.206 e. The van der Waals surface area contributed by atoms with Gasteiger partial charge in [-0.25, -0.2) is 8.78 Å². The Kier molecular flexibility index (Phi) is 2.72. The third kappa shape index (κ3) is 1.76. The number of carbonyl (C=O) groups is 1. The number of benzene rings is 1. The number of carbonyl (C=O) groups excluding carboxylic acids is 1. The van der Waals surface area contributed by atoms with E-state index in [1.807, 2.05) is 11.4 Å². The van der Waals surface area contributed by atoms with Gasteiger partial charge >= 0.3 is 0 Å². The molecule has 2 heterocycles. The maximum Gasteiger partial charge on any atom is 0.206 e. The highest BCUT2D eigenvalue weighted by Gasteiger charge is 2.19. The number of thiophene rings is 2. The molecule has 0 unspecified atom stereocenters. The molecule has 0 bridgehead atoms. The minimum absolute atomic E-state index is 0.219. The molecule has 0 N–H and O–H groups in total. The summed E-state index contributed by atoms with van der Waals surface area (Å²) in [5.74, 6) is -2.56. The van der Waals surface area contributed by atoms with Gasteiger partial charge in [-0.1, -0.05) is 6.07 Å². The normalized spacial score (nSPS) is 11.0. The van der Waals surface area contributed by atoms with Gasteiger partial charge in [-0.15, -0.1) is 22.7 Å². The molecular formula is C13H6F2OS2. The number of hydrogen-bond donors (Lipinski definition) is 0. The summed E-state index contributed by atoms with van der Waals surface area (Å²) in [7, 11) is 0. The van der Waals surface area contributed by atoms with Crippen LogP contribution in [0.15, 0.2) is 35.7 Å². The zero-order valence-corrected chi connectivity index (χ0v) is 10.6. The van der Waals surface area contributed by atoms with E-state index < -0.39 is 17.4 Å². The second kappa shape index (κ2) is 4.26. The molecule has 0 radical (unpaired) electrons. The van der Waals surface area contributed by atoms with Crippen molar-refractivity contribution in [3.63, 3.8) is 0 Å². The minimum atomic E-state index is -1.08. The van der Waals surface area contributed by atoms with Crippen molar-refractivity contribution < 1.29 is 13.6 Å². The molecule has 0 aliphatic heterocycles. The fourth-order valence-electron chi connectivity index (χ4n) is 1.69. The molecule has 0 atom stereocenters. The molecule has 5 heteroatoms. The zero-order chi connectivity index (χ0) is 12.7. The molecule has 1 nitrogen and oxygen atoms in total. The highest BCUT2D eigenvalue weighted by atomic mass is 32.1. The fourth-order valence-corrected chi connectivity index (χ4v) is 3.75. The van der Waals surface area contributed by atoms with Gasteiger partial charge in [0.2, 0.25) is 5.78 Å². The van der Waals surface area contributed by atoms with Gasteiger partial charge in [-0.3, -0.25) is 4.79 Å². The molecule has 18 heavy (non-hydrogen) atoms. The first kappa shape index (κ1) is 11.5. The van der Waals surface area contributed by atoms with E-state index in [1.165, 1.54) is 34.8 Å². The average Bonchev–Trinajstić information content (AvgIpc) is 2.92. The van der Waals surface area contributed by atoms with Gasteiger partial charge in [0.1, 0.15) is 0 Å². The number of fused-ring (bicyclic) bond motifs is 1. The Bertz CT molecular complexity index is 714. The van der Waals surface area contributed by atoms with Crippen LogP contribution in [0.1, 0.15) is 15.2 Å². The summed E-state index contributed by atoms with van der Waals surface area (Å²) in [4.78, 5) is 12.5. The molecule has 0 saturated heterocycles. The summed E-state index contributed by atoms with van der Waals surface area (Å²) in [5.41, 5.74) is -0.219. The molecule has 0 fully saturated rings. The van der Waals surface area contributed by atoms with Crippen molar-refractivity contribution in [2.45, 2.75) is 0 Å². The van der Waals surface area contributed by atoms with Crippen molar-refractivity contribution in [3.05, 3.63) is 57.8 Å². The summed E-state index contributed by atoms with van der Waals surface area (Å²) in [5, 5.41) is 1.93. The molecule has 90 valence electrons. The molecule has 0 aliphatic rings. The Morgan fingerprint density at radius 2 is 1.94 bits per heavy atom. The summed E-state index contributed by atoms with van der Waals surface area (Å²) >= 11 is 2.81. The topological polar surface area (TPSA) is 17.1 Å². The van der Waals surface area contributed by atoms with E-state index in [2.05, 4.69) is 0 Å².